The van der Waals surface area contributed by atoms with Crippen LogP contribution in [0.25, 0.3) is 16.8 Å². The van der Waals surface area contributed by atoms with E-state index in [0.717, 1.165) is 36.0 Å². The maximum atomic E-state index is 13.0. The fourth-order valence-corrected chi connectivity index (χ4v) is 3.92. The number of rotatable bonds is 7. The number of amides is 2. The molecule has 0 saturated carbocycles. The van der Waals surface area contributed by atoms with E-state index < -0.39 is 23.7 Å². The number of alkyl halides is 3. The molecular formula is C27H25F3N6O2. The van der Waals surface area contributed by atoms with Gasteiger partial charge in [0, 0.05) is 29.7 Å². The van der Waals surface area contributed by atoms with Crippen molar-refractivity contribution in [3.63, 3.8) is 0 Å². The van der Waals surface area contributed by atoms with Crippen LogP contribution in [0.1, 0.15) is 53.7 Å². The number of anilines is 1. The highest BCUT2D eigenvalue weighted by Gasteiger charge is 2.31. The summed E-state index contributed by atoms with van der Waals surface area (Å²) in [6.07, 6.45) is 3.86. The lowest BCUT2D eigenvalue weighted by molar-refractivity contribution is -0.137. The maximum Gasteiger partial charge on any atom is 0.416 e. The first-order chi connectivity index (χ1) is 18.1. The van der Waals surface area contributed by atoms with Crippen molar-refractivity contribution in [2.45, 2.75) is 39.4 Å². The van der Waals surface area contributed by atoms with Crippen molar-refractivity contribution in [3.05, 3.63) is 89.8 Å². The van der Waals surface area contributed by atoms with Crippen molar-refractivity contribution in [2.75, 3.05) is 5.32 Å². The number of imidazole rings is 1. The van der Waals surface area contributed by atoms with Crippen LogP contribution in [0.5, 0.6) is 0 Å². The number of aryl methyl sites for hydroxylation is 1. The van der Waals surface area contributed by atoms with Crippen LogP contribution in [-0.2, 0) is 11.0 Å². The maximum absolute atomic E-state index is 13.0. The third-order valence-electron chi connectivity index (χ3n) is 5.77. The molecule has 2 amide bonds. The van der Waals surface area contributed by atoms with Crippen molar-refractivity contribution in [1.82, 2.24) is 24.7 Å². The van der Waals surface area contributed by atoms with E-state index in [1.807, 2.05) is 25.2 Å². The molecule has 0 aliphatic carbocycles. The molecule has 2 N–H and O–H groups in total. The summed E-state index contributed by atoms with van der Waals surface area (Å²) in [4.78, 5) is 37.8. The second-order valence-electron chi connectivity index (χ2n) is 8.55. The first kappa shape index (κ1) is 26.5. The molecule has 38 heavy (non-hydrogen) atoms. The van der Waals surface area contributed by atoms with Gasteiger partial charge in [-0.2, -0.15) is 13.2 Å². The molecule has 0 bridgehead atoms. The van der Waals surface area contributed by atoms with Gasteiger partial charge in [-0.3, -0.25) is 19.0 Å². The number of nitrogens with one attached hydrogen (secondary N) is 2. The highest BCUT2D eigenvalue weighted by molar-refractivity contribution is 6.04. The number of allylic oxidation sites excluding steroid dienone is 1. The Labute approximate surface area is 216 Å². The molecule has 0 radical (unpaired) electrons. The van der Waals surface area contributed by atoms with E-state index in [9.17, 15) is 22.8 Å². The van der Waals surface area contributed by atoms with Crippen LogP contribution in [0.3, 0.4) is 0 Å². The summed E-state index contributed by atoms with van der Waals surface area (Å²) in [5.41, 5.74) is 2.11. The monoisotopic (exact) mass is 522 g/mol. The third-order valence-corrected chi connectivity index (χ3v) is 5.77. The van der Waals surface area contributed by atoms with Crippen molar-refractivity contribution >= 4 is 23.1 Å². The van der Waals surface area contributed by atoms with Gasteiger partial charge in [-0.05, 0) is 50.6 Å². The first-order valence-corrected chi connectivity index (χ1v) is 11.8. The van der Waals surface area contributed by atoms with Gasteiger partial charge in [0.2, 0.25) is 5.91 Å². The standard InChI is InChI=1S/C27H25F3N6O2/c1-4-5-6-22(37)33-17(3)25-35-23(24-16(2)31-13-14-36(24)25)18-7-9-19(10-8-18)26(38)34-21-15-20(11-12-32-21)27(28,29)30/h5-15,17H,4H2,1-3H3,(H,33,37)(H,32,34,38)/b6-5+. The molecule has 11 heteroatoms. The lowest BCUT2D eigenvalue weighted by Gasteiger charge is -2.11. The molecule has 0 aliphatic heterocycles. The Bertz CT molecular complexity index is 1510. The Morgan fingerprint density at radius 3 is 2.53 bits per heavy atom. The molecule has 3 aromatic heterocycles. The average Bonchev–Trinajstić information content (AvgIpc) is 3.28. The number of nitrogens with zero attached hydrogens (tertiary/aromatic N) is 4. The Morgan fingerprint density at radius 1 is 1.11 bits per heavy atom. The van der Waals surface area contributed by atoms with E-state index in [2.05, 4.69) is 20.6 Å². The number of halogens is 3. The lowest BCUT2D eigenvalue weighted by Crippen LogP contribution is -2.26. The smallest absolute Gasteiger partial charge is 0.343 e. The lowest BCUT2D eigenvalue weighted by atomic mass is 10.1. The second-order valence-corrected chi connectivity index (χ2v) is 8.55. The number of hydrogen-bond donors (Lipinski definition) is 2. The van der Waals surface area contributed by atoms with Crippen LogP contribution >= 0.6 is 0 Å². The van der Waals surface area contributed by atoms with E-state index in [-0.39, 0.29) is 17.3 Å². The number of aromatic nitrogens is 4. The molecule has 3 heterocycles. The zero-order valence-electron chi connectivity index (χ0n) is 20.9. The number of carbonyl (C=O) groups is 2. The van der Waals surface area contributed by atoms with Gasteiger partial charge in [0.15, 0.2) is 0 Å². The van der Waals surface area contributed by atoms with E-state index in [1.54, 1.807) is 42.7 Å². The summed E-state index contributed by atoms with van der Waals surface area (Å²) >= 11 is 0. The van der Waals surface area contributed by atoms with Crippen molar-refractivity contribution in [1.29, 1.82) is 0 Å². The molecule has 196 valence electrons. The molecule has 1 atom stereocenters. The molecule has 4 rings (SSSR count). The normalized spacial score (nSPS) is 12.6. The number of hydrogen-bond acceptors (Lipinski definition) is 5. The fraction of sp³-hybridized carbons (Fsp3) is 0.222. The van der Waals surface area contributed by atoms with Gasteiger partial charge >= 0.3 is 6.18 Å². The van der Waals surface area contributed by atoms with E-state index in [4.69, 9.17) is 4.98 Å². The van der Waals surface area contributed by atoms with Crippen LogP contribution < -0.4 is 10.6 Å². The Hall–Kier alpha value is -4.54. The number of pyridine rings is 1. The Kier molecular flexibility index (Phi) is 7.56. The SMILES string of the molecule is CC/C=C/C(=O)NC(C)c1nc(-c2ccc(C(=O)Nc3cc(C(F)(F)F)ccn3)cc2)c2c(C)nccn12. The Balaban J connectivity index is 1.61. The van der Waals surface area contributed by atoms with Gasteiger partial charge in [-0.1, -0.05) is 25.1 Å². The van der Waals surface area contributed by atoms with Crippen LogP contribution in [0, 0.1) is 6.92 Å². The Morgan fingerprint density at radius 2 is 1.84 bits per heavy atom. The summed E-state index contributed by atoms with van der Waals surface area (Å²) < 4.78 is 40.7. The van der Waals surface area contributed by atoms with Crippen molar-refractivity contribution in [2.24, 2.45) is 0 Å². The molecule has 0 fully saturated rings. The van der Waals surface area contributed by atoms with Gasteiger partial charge in [-0.15, -0.1) is 0 Å². The highest BCUT2D eigenvalue weighted by Crippen LogP contribution is 2.31. The summed E-state index contributed by atoms with van der Waals surface area (Å²) in [6.45, 7) is 5.62. The molecule has 4 aromatic rings. The van der Waals surface area contributed by atoms with Crippen LogP contribution in [0.4, 0.5) is 19.0 Å². The first-order valence-electron chi connectivity index (χ1n) is 11.8. The molecular weight excluding hydrogens is 497 g/mol. The van der Waals surface area contributed by atoms with Crippen molar-refractivity contribution in [3.8, 4) is 11.3 Å². The predicted molar refractivity (Wildman–Crippen MR) is 136 cm³/mol. The predicted octanol–water partition coefficient (Wildman–Crippen LogP) is 5.51. The van der Waals surface area contributed by atoms with Gasteiger partial charge in [0.05, 0.1) is 28.5 Å². The summed E-state index contributed by atoms with van der Waals surface area (Å²) in [5, 5.41) is 5.30. The molecule has 1 unspecified atom stereocenters. The highest BCUT2D eigenvalue weighted by atomic mass is 19.4. The van der Waals surface area contributed by atoms with Gasteiger partial charge in [0.25, 0.3) is 5.91 Å². The quantitative estimate of drug-likeness (QED) is 0.312. The van der Waals surface area contributed by atoms with E-state index in [0.29, 0.717) is 17.1 Å². The summed E-state index contributed by atoms with van der Waals surface area (Å²) in [7, 11) is 0. The largest absolute Gasteiger partial charge is 0.416 e. The average molecular weight is 523 g/mol. The van der Waals surface area contributed by atoms with Crippen LogP contribution in [0.15, 0.2) is 67.1 Å². The van der Waals surface area contributed by atoms with Crippen molar-refractivity contribution < 1.29 is 22.8 Å². The molecule has 8 nitrogen and oxygen atoms in total. The number of fused-ring (bicyclic) bond motifs is 1. The summed E-state index contributed by atoms with van der Waals surface area (Å²) in [5.74, 6) is -0.427. The number of benzene rings is 1. The van der Waals surface area contributed by atoms with Crippen LogP contribution in [-0.4, -0.2) is 31.2 Å². The topological polar surface area (TPSA) is 101 Å². The van der Waals surface area contributed by atoms with Gasteiger partial charge in [-0.25, -0.2) is 9.97 Å². The van der Waals surface area contributed by atoms with E-state index >= 15 is 0 Å². The molecule has 1 aromatic carbocycles. The van der Waals surface area contributed by atoms with Crippen LogP contribution in [0.2, 0.25) is 0 Å². The molecule has 0 saturated heterocycles. The minimum Gasteiger partial charge on any atom is -0.343 e. The zero-order valence-corrected chi connectivity index (χ0v) is 20.9. The number of carbonyl (C=O) groups excluding carboxylic acids is 2. The zero-order chi connectivity index (χ0) is 27.4. The third kappa shape index (κ3) is 5.72. The minimum absolute atomic E-state index is 0.204. The minimum atomic E-state index is -4.55. The van der Waals surface area contributed by atoms with E-state index in [1.165, 1.54) is 6.08 Å². The van der Waals surface area contributed by atoms with Gasteiger partial charge < -0.3 is 10.6 Å². The molecule has 0 spiro atoms. The second kappa shape index (κ2) is 10.8. The van der Waals surface area contributed by atoms with Gasteiger partial charge in [0.1, 0.15) is 11.6 Å². The molecule has 0 aliphatic rings. The fourth-order valence-electron chi connectivity index (χ4n) is 3.92. The summed E-state index contributed by atoms with van der Waals surface area (Å²) in [6, 6.07) is 7.70.